The van der Waals surface area contributed by atoms with Crippen molar-refractivity contribution in [2.45, 2.75) is 27.2 Å². The first-order chi connectivity index (χ1) is 8.32. The first-order valence-electron chi connectivity index (χ1n) is 6.12. The van der Waals surface area contributed by atoms with Crippen LogP contribution >= 0.6 is 0 Å². The predicted octanol–water partition coefficient (Wildman–Crippen LogP) is 0.710. The highest BCUT2D eigenvalue weighted by atomic mass is 16.2. The number of amides is 3. The molecule has 5 heteroatoms. The average molecular weight is 252 g/mol. The summed E-state index contributed by atoms with van der Waals surface area (Å²) < 4.78 is 0. The molecule has 100 valence electrons. The van der Waals surface area contributed by atoms with E-state index in [1.807, 2.05) is 13.8 Å². The number of hydrogen-bond acceptors (Lipinski definition) is 3. The number of carbonyl (C=O) groups is 3. The third-order valence-electron chi connectivity index (χ3n) is 2.84. The number of hydrogen-bond donors (Lipinski definition) is 1. The van der Waals surface area contributed by atoms with Gasteiger partial charge in [0, 0.05) is 19.2 Å². The second kappa shape index (κ2) is 5.80. The number of imide groups is 1. The van der Waals surface area contributed by atoms with Crippen molar-refractivity contribution in [3.8, 4) is 0 Å². The van der Waals surface area contributed by atoms with Crippen molar-refractivity contribution in [2.24, 2.45) is 11.8 Å². The van der Waals surface area contributed by atoms with Gasteiger partial charge in [-0.3, -0.25) is 19.3 Å². The number of carbonyl (C=O) groups excluding carboxylic acids is 3. The summed E-state index contributed by atoms with van der Waals surface area (Å²) in [6.45, 7) is 6.35. The van der Waals surface area contributed by atoms with Crippen LogP contribution in [0.15, 0.2) is 11.6 Å². The maximum Gasteiger partial charge on any atom is 0.256 e. The van der Waals surface area contributed by atoms with Crippen LogP contribution in [0.1, 0.15) is 27.2 Å². The normalized spacial score (nSPS) is 19.8. The molecule has 5 nitrogen and oxygen atoms in total. The van der Waals surface area contributed by atoms with Gasteiger partial charge in [0.2, 0.25) is 11.8 Å². The molecule has 0 aliphatic carbocycles. The van der Waals surface area contributed by atoms with Crippen LogP contribution in [0.5, 0.6) is 0 Å². The second-order valence-electron chi connectivity index (χ2n) is 5.05. The van der Waals surface area contributed by atoms with Gasteiger partial charge in [0.1, 0.15) is 0 Å². The van der Waals surface area contributed by atoms with Crippen molar-refractivity contribution < 1.29 is 14.4 Å². The molecule has 1 unspecified atom stereocenters. The fraction of sp³-hybridized carbons (Fsp3) is 0.615. The lowest BCUT2D eigenvalue weighted by Crippen LogP contribution is -2.31. The Morgan fingerprint density at radius 1 is 1.39 bits per heavy atom. The van der Waals surface area contributed by atoms with Crippen LogP contribution < -0.4 is 5.32 Å². The molecule has 1 heterocycles. The number of nitrogens with zero attached hydrogens (tertiary/aromatic N) is 1. The molecule has 0 aromatic rings. The molecule has 1 N–H and O–H groups in total. The van der Waals surface area contributed by atoms with Crippen molar-refractivity contribution in [3.05, 3.63) is 11.6 Å². The van der Waals surface area contributed by atoms with Gasteiger partial charge in [0.15, 0.2) is 0 Å². The van der Waals surface area contributed by atoms with Gasteiger partial charge in [-0.2, -0.15) is 0 Å². The van der Waals surface area contributed by atoms with E-state index in [9.17, 15) is 14.4 Å². The molecule has 1 rings (SSSR count). The van der Waals surface area contributed by atoms with Crippen LogP contribution in [0.2, 0.25) is 0 Å². The highest BCUT2D eigenvalue weighted by molar-refractivity contribution is 6.13. The minimum atomic E-state index is -0.401. The minimum absolute atomic E-state index is 0.0944. The molecule has 18 heavy (non-hydrogen) atoms. The van der Waals surface area contributed by atoms with Crippen molar-refractivity contribution in [1.82, 2.24) is 10.2 Å². The van der Waals surface area contributed by atoms with Crippen LogP contribution in [-0.2, 0) is 14.4 Å². The molecule has 0 aromatic carbocycles. The van der Waals surface area contributed by atoms with Gasteiger partial charge in [-0.05, 0) is 5.92 Å². The van der Waals surface area contributed by atoms with E-state index in [0.29, 0.717) is 18.0 Å². The Balaban J connectivity index is 2.63. The van der Waals surface area contributed by atoms with E-state index in [4.69, 9.17) is 0 Å². The SMILES string of the molecule is CC(C)CNC(=O)C(C)/C=C1\CC(=O)N(C)C1=O. The standard InChI is InChI=1S/C13H20N2O3/c1-8(2)7-14-12(17)9(3)5-10-6-11(16)15(4)13(10)18/h5,8-9H,6-7H2,1-4H3,(H,14,17)/b10-5+. The molecular weight excluding hydrogens is 232 g/mol. The molecule has 0 aromatic heterocycles. The molecule has 1 fully saturated rings. The Morgan fingerprint density at radius 2 is 2.00 bits per heavy atom. The topological polar surface area (TPSA) is 66.5 Å². The Labute approximate surface area is 107 Å². The van der Waals surface area contributed by atoms with E-state index in [-0.39, 0.29) is 24.1 Å². The van der Waals surface area contributed by atoms with E-state index < -0.39 is 5.92 Å². The van der Waals surface area contributed by atoms with Gasteiger partial charge in [0.25, 0.3) is 5.91 Å². The van der Waals surface area contributed by atoms with Gasteiger partial charge in [-0.25, -0.2) is 0 Å². The lowest BCUT2D eigenvalue weighted by molar-refractivity contribution is -0.135. The third-order valence-corrected chi connectivity index (χ3v) is 2.84. The van der Waals surface area contributed by atoms with Crippen molar-refractivity contribution in [2.75, 3.05) is 13.6 Å². The lowest BCUT2D eigenvalue weighted by atomic mass is 10.1. The van der Waals surface area contributed by atoms with Crippen LogP contribution in [0.4, 0.5) is 0 Å². The molecule has 0 spiro atoms. The third kappa shape index (κ3) is 3.42. The van der Waals surface area contributed by atoms with Crippen LogP contribution in [0.25, 0.3) is 0 Å². The van der Waals surface area contributed by atoms with Gasteiger partial charge in [-0.15, -0.1) is 0 Å². The summed E-state index contributed by atoms with van der Waals surface area (Å²) in [6, 6.07) is 0. The number of rotatable bonds is 4. The van der Waals surface area contributed by atoms with E-state index in [2.05, 4.69) is 5.32 Å². The maximum absolute atomic E-state index is 11.7. The van der Waals surface area contributed by atoms with E-state index in [0.717, 1.165) is 4.90 Å². The quantitative estimate of drug-likeness (QED) is 0.592. The number of likely N-dealkylation sites (N-methyl/N-ethyl adjacent to an activating group) is 1. The smallest absolute Gasteiger partial charge is 0.256 e. The zero-order chi connectivity index (χ0) is 13.9. The van der Waals surface area contributed by atoms with Crippen molar-refractivity contribution in [3.63, 3.8) is 0 Å². The van der Waals surface area contributed by atoms with E-state index in [1.165, 1.54) is 7.05 Å². The first kappa shape index (κ1) is 14.4. The van der Waals surface area contributed by atoms with Crippen molar-refractivity contribution >= 4 is 17.7 Å². The van der Waals surface area contributed by atoms with Crippen LogP contribution in [-0.4, -0.2) is 36.2 Å². The van der Waals surface area contributed by atoms with Gasteiger partial charge in [0.05, 0.1) is 12.3 Å². The highest BCUT2D eigenvalue weighted by Gasteiger charge is 2.31. The summed E-state index contributed by atoms with van der Waals surface area (Å²) in [5.74, 6) is -0.660. The monoisotopic (exact) mass is 252 g/mol. The Kier molecular flexibility index (Phi) is 4.64. The summed E-state index contributed by atoms with van der Waals surface area (Å²) in [5, 5.41) is 2.80. The molecule has 1 atom stereocenters. The maximum atomic E-state index is 11.7. The van der Waals surface area contributed by atoms with Gasteiger partial charge < -0.3 is 5.32 Å². The molecule has 1 saturated heterocycles. The molecule has 0 radical (unpaired) electrons. The Bertz CT molecular complexity index is 399. The summed E-state index contributed by atoms with van der Waals surface area (Å²) >= 11 is 0. The average Bonchev–Trinajstić information content (AvgIpc) is 2.53. The summed E-state index contributed by atoms with van der Waals surface area (Å²) in [7, 11) is 1.45. The molecule has 1 aliphatic heterocycles. The van der Waals surface area contributed by atoms with Gasteiger partial charge in [-0.1, -0.05) is 26.8 Å². The lowest BCUT2D eigenvalue weighted by Gasteiger charge is -2.11. The second-order valence-corrected chi connectivity index (χ2v) is 5.05. The van der Waals surface area contributed by atoms with E-state index >= 15 is 0 Å². The van der Waals surface area contributed by atoms with E-state index in [1.54, 1.807) is 13.0 Å². The number of likely N-dealkylation sites (tertiary alicyclic amines) is 1. The van der Waals surface area contributed by atoms with Crippen molar-refractivity contribution in [1.29, 1.82) is 0 Å². The summed E-state index contributed by atoms with van der Waals surface area (Å²) in [6.07, 6.45) is 1.68. The molecule has 1 aliphatic rings. The first-order valence-corrected chi connectivity index (χ1v) is 6.12. The Hall–Kier alpha value is -1.65. The van der Waals surface area contributed by atoms with Gasteiger partial charge >= 0.3 is 0 Å². The fourth-order valence-electron chi connectivity index (χ4n) is 1.66. The molecular formula is C13H20N2O3. The zero-order valence-corrected chi connectivity index (χ0v) is 11.3. The minimum Gasteiger partial charge on any atom is -0.355 e. The summed E-state index contributed by atoms with van der Waals surface area (Å²) in [5.41, 5.74) is 0.412. The molecule has 3 amide bonds. The van der Waals surface area contributed by atoms with Crippen LogP contribution in [0, 0.1) is 11.8 Å². The predicted molar refractivity (Wildman–Crippen MR) is 67.5 cm³/mol. The fourth-order valence-corrected chi connectivity index (χ4v) is 1.66. The Morgan fingerprint density at radius 3 is 2.44 bits per heavy atom. The largest absolute Gasteiger partial charge is 0.355 e. The van der Waals surface area contributed by atoms with Crippen LogP contribution in [0.3, 0.4) is 0 Å². The summed E-state index contributed by atoms with van der Waals surface area (Å²) in [4.78, 5) is 35.8. The molecule has 0 bridgehead atoms. The molecule has 0 saturated carbocycles. The zero-order valence-electron chi connectivity index (χ0n) is 11.3. The highest BCUT2D eigenvalue weighted by Crippen LogP contribution is 2.18. The number of nitrogens with one attached hydrogen (secondary N) is 1.